The maximum absolute atomic E-state index is 12.7. The third kappa shape index (κ3) is 3.55. The minimum atomic E-state index is 0.0270. The van der Waals surface area contributed by atoms with Crippen LogP contribution < -0.4 is 5.73 Å². The molecule has 1 saturated heterocycles. The number of nitrogens with two attached hydrogens (primary N) is 1. The number of aromatic nitrogens is 3. The van der Waals surface area contributed by atoms with Crippen molar-refractivity contribution in [2.24, 2.45) is 5.92 Å². The molecule has 1 aliphatic rings. The van der Waals surface area contributed by atoms with Crippen molar-refractivity contribution in [3.63, 3.8) is 0 Å². The van der Waals surface area contributed by atoms with E-state index in [9.17, 15) is 4.79 Å². The molecule has 0 spiro atoms. The lowest BCUT2D eigenvalue weighted by atomic mass is 9.95. The van der Waals surface area contributed by atoms with Crippen molar-refractivity contribution in [3.8, 4) is 0 Å². The van der Waals surface area contributed by atoms with Gasteiger partial charge in [-0.3, -0.25) is 9.78 Å². The molecule has 2 N–H and O–H groups in total. The van der Waals surface area contributed by atoms with E-state index in [-0.39, 0.29) is 5.91 Å². The van der Waals surface area contributed by atoms with Crippen LogP contribution in [0, 0.1) is 19.8 Å². The van der Waals surface area contributed by atoms with Crippen molar-refractivity contribution in [1.82, 2.24) is 20.0 Å². The number of hydrogen-bond donors (Lipinski definition) is 1. The highest BCUT2D eigenvalue weighted by atomic mass is 16.5. The number of rotatable bonds is 3. The van der Waals surface area contributed by atoms with Crippen molar-refractivity contribution in [1.29, 1.82) is 0 Å². The standard InChI is InChI=1S/C17H23N5O2/c1-11-16(12(2)24-21-11)17(23)22-6-3-4-13(5-7-22)8-14-9-20-15(18)10-19-14/h9-10,13H,3-8H2,1-2H3,(H2,18,20). The number of likely N-dealkylation sites (tertiary alicyclic amines) is 1. The van der Waals surface area contributed by atoms with Crippen LogP contribution in [0.2, 0.25) is 0 Å². The van der Waals surface area contributed by atoms with Gasteiger partial charge in [0.1, 0.15) is 17.1 Å². The summed E-state index contributed by atoms with van der Waals surface area (Å²) in [5.74, 6) is 1.57. The van der Waals surface area contributed by atoms with Gasteiger partial charge in [-0.2, -0.15) is 0 Å². The molecule has 0 bridgehead atoms. The van der Waals surface area contributed by atoms with Crippen LogP contribution >= 0.6 is 0 Å². The zero-order chi connectivity index (χ0) is 17.1. The van der Waals surface area contributed by atoms with Gasteiger partial charge < -0.3 is 15.2 Å². The van der Waals surface area contributed by atoms with Gasteiger partial charge in [-0.05, 0) is 45.4 Å². The van der Waals surface area contributed by atoms with Gasteiger partial charge in [-0.1, -0.05) is 5.16 Å². The quantitative estimate of drug-likeness (QED) is 0.926. The van der Waals surface area contributed by atoms with Gasteiger partial charge in [0.05, 0.1) is 23.8 Å². The lowest BCUT2D eigenvalue weighted by Gasteiger charge is -2.20. The van der Waals surface area contributed by atoms with Crippen molar-refractivity contribution >= 4 is 11.7 Å². The highest BCUT2D eigenvalue weighted by Crippen LogP contribution is 2.23. The summed E-state index contributed by atoms with van der Waals surface area (Å²) < 4.78 is 5.13. The summed E-state index contributed by atoms with van der Waals surface area (Å²) in [5, 5.41) is 3.89. The largest absolute Gasteiger partial charge is 0.382 e. The molecule has 2 aromatic rings. The van der Waals surface area contributed by atoms with E-state index in [0.29, 0.717) is 28.8 Å². The fraction of sp³-hybridized carbons (Fsp3) is 0.529. The van der Waals surface area contributed by atoms with Crippen LogP contribution in [0.5, 0.6) is 0 Å². The van der Waals surface area contributed by atoms with Crippen LogP contribution in [-0.2, 0) is 6.42 Å². The van der Waals surface area contributed by atoms with Gasteiger partial charge >= 0.3 is 0 Å². The number of carbonyl (C=O) groups excluding carboxylic acids is 1. The molecule has 2 aromatic heterocycles. The summed E-state index contributed by atoms with van der Waals surface area (Å²) in [6.45, 7) is 5.11. The van der Waals surface area contributed by atoms with Crippen molar-refractivity contribution in [3.05, 3.63) is 35.1 Å². The molecule has 7 nitrogen and oxygen atoms in total. The van der Waals surface area contributed by atoms with E-state index in [1.54, 1.807) is 19.3 Å². The summed E-state index contributed by atoms with van der Waals surface area (Å²) in [5.41, 5.74) is 7.81. The molecule has 0 radical (unpaired) electrons. The summed E-state index contributed by atoms with van der Waals surface area (Å²) in [7, 11) is 0. The minimum absolute atomic E-state index is 0.0270. The van der Waals surface area contributed by atoms with Gasteiger partial charge in [0.2, 0.25) is 0 Å². The lowest BCUT2D eigenvalue weighted by Crippen LogP contribution is -2.32. The molecule has 1 fully saturated rings. The predicted octanol–water partition coefficient (Wildman–Crippen LogP) is 2.15. The van der Waals surface area contributed by atoms with E-state index in [4.69, 9.17) is 10.3 Å². The topological polar surface area (TPSA) is 98.1 Å². The number of anilines is 1. The molecule has 1 amide bonds. The molecular formula is C17H23N5O2. The predicted molar refractivity (Wildman–Crippen MR) is 89.4 cm³/mol. The van der Waals surface area contributed by atoms with Crippen molar-refractivity contribution < 1.29 is 9.32 Å². The van der Waals surface area contributed by atoms with Gasteiger partial charge in [0.25, 0.3) is 5.91 Å². The number of aryl methyl sites for hydroxylation is 2. The Hall–Kier alpha value is -2.44. The second kappa shape index (κ2) is 6.98. The molecule has 1 aliphatic heterocycles. The maximum atomic E-state index is 12.7. The van der Waals surface area contributed by atoms with Gasteiger partial charge in [-0.15, -0.1) is 0 Å². The molecule has 3 heterocycles. The molecule has 24 heavy (non-hydrogen) atoms. The molecule has 0 saturated carbocycles. The molecule has 0 aromatic carbocycles. The monoisotopic (exact) mass is 329 g/mol. The molecule has 0 aliphatic carbocycles. The highest BCUT2D eigenvalue weighted by Gasteiger charge is 2.26. The fourth-order valence-electron chi connectivity index (χ4n) is 3.28. The van der Waals surface area contributed by atoms with Crippen LogP contribution in [0.4, 0.5) is 5.82 Å². The smallest absolute Gasteiger partial charge is 0.259 e. The molecular weight excluding hydrogens is 306 g/mol. The Morgan fingerprint density at radius 3 is 2.79 bits per heavy atom. The van der Waals surface area contributed by atoms with Gasteiger partial charge in [0.15, 0.2) is 0 Å². The fourth-order valence-corrected chi connectivity index (χ4v) is 3.28. The Kier molecular flexibility index (Phi) is 4.78. The zero-order valence-electron chi connectivity index (χ0n) is 14.2. The number of carbonyl (C=O) groups is 1. The second-order valence-corrected chi connectivity index (χ2v) is 6.43. The first-order chi connectivity index (χ1) is 11.5. The second-order valence-electron chi connectivity index (χ2n) is 6.43. The SMILES string of the molecule is Cc1noc(C)c1C(=O)N1CCCC(Cc2cnc(N)cn2)CC1. The Morgan fingerprint density at radius 1 is 1.29 bits per heavy atom. The number of amides is 1. The Labute approximate surface area is 141 Å². The molecule has 1 atom stereocenters. The minimum Gasteiger partial charge on any atom is -0.382 e. The van der Waals surface area contributed by atoms with Crippen LogP contribution in [0.25, 0.3) is 0 Å². The highest BCUT2D eigenvalue weighted by molar-refractivity contribution is 5.96. The molecule has 128 valence electrons. The first-order valence-electron chi connectivity index (χ1n) is 8.33. The van der Waals surface area contributed by atoms with E-state index < -0.39 is 0 Å². The van der Waals surface area contributed by atoms with E-state index in [1.807, 2.05) is 11.8 Å². The van der Waals surface area contributed by atoms with Crippen LogP contribution in [0.3, 0.4) is 0 Å². The summed E-state index contributed by atoms with van der Waals surface area (Å²) in [6.07, 6.45) is 7.24. The molecule has 1 unspecified atom stereocenters. The zero-order valence-corrected chi connectivity index (χ0v) is 14.2. The van der Waals surface area contributed by atoms with Crippen LogP contribution in [0.1, 0.15) is 46.8 Å². The number of nitrogen functional groups attached to an aromatic ring is 1. The normalized spacial score (nSPS) is 18.4. The summed E-state index contributed by atoms with van der Waals surface area (Å²) in [6, 6.07) is 0. The van der Waals surface area contributed by atoms with Crippen LogP contribution in [-0.4, -0.2) is 39.0 Å². The maximum Gasteiger partial charge on any atom is 0.259 e. The number of nitrogens with zero attached hydrogens (tertiary/aromatic N) is 4. The van der Waals surface area contributed by atoms with Crippen LogP contribution in [0.15, 0.2) is 16.9 Å². The third-order valence-corrected chi connectivity index (χ3v) is 4.61. The first-order valence-corrected chi connectivity index (χ1v) is 8.33. The Morgan fingerprint density at radius 2 is 2.12 bits per heavy atom. The molecule has 7 heteroatoms. The number of hydrogen-bond acceptors (Lipinski definition) is 6. The van der Waals surface area contributed by atoms with E-state index in [0.717, 1.165) is 44.5 Å². The van der Waals surface area contributed by atoms with Crippen molar-refractivity contribution in [2.45, 2.75) is 39.5 Å². The van der Waals surface area contributed by atoms with Gasteiger partial charge in [-0.25, -0.2) is 4.98 Å². The van der Waals surface area contributed by atoms with E-state index >= 15 is 0 Å². The summed E-state index contributed by atoms with van der Waals surface area (Å²) in [4.78, 5) is 23.1. The Balaban J connectivity index is 1.62. The van der Waals surface area contributed by atoms with E-state index in [1.165, 1.54) is 0 Å². The van der Waals surface area contributed by atoms with E-state index in [2.05, 4.69) is 15.1 Å². The lowest BCUT2D eigenvalue weighted by molar-refractivity contribution is 0.0757. The average molecular weight is 329 g/mol. The first kappa shape index (κ1) is 16.4. The Bertz CT molecular complexity index is 691. The van der Waals surface area contributed by atoms with Gasteiger partial charge in [0, 0.05) is 13.1 Å². The third-order valence-electron chi connectivity index (χ3n) is 4.61. The van der Waals surface area contributed by atoms with Crippen molar-refractivity contribution in [2.75, 3.05) is 18.8 Å². The molecule has 3 rings (SSSR count). The average Bonchev–Trinajstić information content (AvgIpc) is 2.76. The summed E-state index contributed by atoms with van der Waals surface area (Å²) >= 11 is 0.